The zero-order valence-corrected chi connectivity index (χ0v) is 11.8. The second kappa shape index (κ2) is 4.41. The van der Waals surface area contributed by atoms with Gasteiger partial charge in [-0.2, -0.15) is 0 Å². The fourth-order valence-electron chi connectivity index (χ4n) is 1.90. The molecule has 3 nitrogen and oxygen atoms in total. The van der Waals surface area contributed by atoms with Gasteiger partial charge in [0.05, 0.1) is 17.1 Å². The Hall–Kier alpha value is -0.900. The van der Waals surface area contributed by atoms with Gasteiger partial charge in [0, 0.05) is 23.9 Å². The molecule has 1 aromatic heterocycles. The van der Waals surface area contributed by atoms with Gasteiger partial charge in [-0.1, -0.05) is 27.7 Å². The summed E-state index contributed by atoms with van der Waals surface area (Å²) in [5.41, 5.74) is 1.00. The SMILES string of the molecule is CC1CN(C(=O)Cc2csc(C(C)(C)C)n2)C1. The van der Waals surface area contributed by atoms with E-state index in [4.69, 9.17) is 0 Å². The molecule has 1 saturated heterocycles. The molecule has 17 heavy (non-hydrogen) atoms. The Kier molecular flexibility index (Phi) is 3.25. The first kappa shape index (κ1) is 12.6. The maximum Gasteiger partial charge on any atom is 0.228 e. The molecule has 1 aliphatic rings. The minimum Gasteiger partial charge on any atom is -0.342 e. The molecule has 4 heteroatoms. The molecule has 0 radical (unpaired) electrons. The summed E-state index contributed by atoms with van der Waals surface area (Å²) in [5.74, 6) is 0.883. The van der Waals surface area contributed by atoms with Crippen molar-refractivity contribution in [3.63, 3.8) is 0 Å². The summed E-state index contributed by atoms with van der Waals surface area (Å²) < 4.78 is 0. The van der Waals surface area contributed by atoms with Gasteiger partial charge < -0.3 is 4.90 Å². The third-order valence-electron chi connectivity index (χ3n) is 2.94. The summed E-state index contributed by atoms with van der Waals surface area (Å²) in [7, 11) is 0. The highest BCUT2D eigenvalue weighted by molar-refractivity contribution is 7.09. The number of carbonyl (C=O) groups excluding carboxylic acids is 1. The Morgan fingerprint density at radius 2 is 2.18 bits per heavy atom. The summed E-state index contributed by atoms with van der Waals surface area (Å²) in [5, 5.41) is 3.12. The van der Waals surface area contributed by atoms with E-state index >= 15 is 0 Å². The number of amides is 1. The maximum absolute atomic E-state index is 11.9. The number of likely N-dealkylation sites (tertiary alicyclic amines) is 1. The predicted molar refractivity (Wildman–Crippen MR) is 70.3 cm³/mol. The standard InChI is InChI=1S/C13H20N2OS/c1-9-6-15(7-9)11(16)5-10-8-17-12(14-10)13(2,3)4/h8-9H,5-7H2,1-4H3. The fourth-order valence-corrected chi connectivity index (χ4v) is 2.81. The van der Waals surface area contributed by atoms with E-state index < -0.39 is 0 Å². The molecule has 0 spiro atoms. The molecule has 2 rings (SSSR count). The molecule has 0 N–H and O–H groups in total. The molecular formula is C13H20N2OS. The van der Waals surface area contributed by atoms with Crippen molar-refractivity contribution in [2.24, 2.45) is 5.92 Å². The monoisotopic (exact) mass is 252 g/mol. The van der Waals surface area contributed by atoms with Crippen molar-refractivity contribution in [1.29, 1.82) is 0 Å². The van der Waals surface area contributed by atoms with Crippen molar-refractivity contribution in [2.45, 2.75) is 39.5 Å². The van der Waals surface area contributed by atoms with Crippen molar-refractivity contribution in [2.75, 3.05) is 13.1 Å². The summed E-state index contributed by atoms with van der Waals surface area (Å²) in [6, 6.07) is 0. The zero-order valence-electron chi connectivity index (χ0n) is 11.0. The lowest BCUT2D eigenvalue weighted by Gasteiger charge is -2.37. The number of hydrogen-bond acceptors (Lipinski definition) is 3. The molecule has 0 saturated carbocycles. The molecular weight excluding hydrogens is 232 g/mol. The molecule has 1 aliphatic heterocycles. The van der Waals surface area contributed by atoms with Crippen molar-refractivity contribution in [3.8, 4) is 0 Å². The highest BCUT2D eigenvalue weighted by Gasteiger charge is 2.27. The van der Waals surface area contributed by atoms with Crippen LogP contribution in [0.15, 0.2) is 5.38 Å². The van der Waals surface area contributed by atoms with Gasteiger partial charge in [-0.15, -0.1) is 11.3 Å². The van der Waals surface area contributed by atoms with Gasteiger partial charge >= 0.3 is 0 Å². The number of nitrogens with zero attached hydrogens (tertiary/aromatic N) is 2. The van der Waals surface area contributed by atoms with Crippen molar-refractivity contribution < 1.29 is 4.79 Å². The molecule has 2 heterocycles. The first-order chi connectivity index (χ1) is 7.86. The van der Waals surface area contributed by atoms with Crippen molar-refractivity contribution in [3.05, 3.63) is 16.1 Å². The van der Waals surface area contributed by atoms with E-state index in [2.05, 4.69) is 32.7 Å². The van der Waals surface area contributed by atoms with Gasteiger partial charge in [0.2, 0.25) is 5.91 Å². The Balaban J connectivity index is 1.95. The van der Waals surface area contributed by atoms with Crippen LogP contribution in [0.3, 0.4) is 0 Å². The second-order valence-electron chi connectivity index (χ2n) is 5.97. The number of carbonyl (C=O) groups is 1. The van der Waals surface area contributed by atoms with Crippen molar-refractivity contribution >= 4 is 17.2 Å². The largest absolute Gasteiger partial charge is 0.342 e. The fraction of sp³-hybridized carbons (Fsp3) is 0.692. The number of rotatable bonds is 2. The van der Waals surface area contributed by atoms with E-state index in [1.165, 1.54) is 0 Å². The van der Waals surface area contributed by atoms with E-state index in [0.29, 0.717) is 12.3 Å². The van der Waals surface area contributed by atoms with Gasteiger partial charge in [-0.05, 0) is 5.92 Å². The van der Waals surface area contributed by atoms with E-state index in [9.17, 15) is 4.79 Å². The Bertz CT molecular complexity index is 413. The minimum absolute atomic E-state index is 0.0806. The number of hydrogen-bond donors (Lipinski definition) is 0. The minimum atomic E-state index is 0.0806. The average molecular weight is 252 g/mol. The first-order valence-electron chi connectivity index (χ1n) is 6.09. The smallest absolute Gasteiger partial charge is 0.228 e. The molecule has 94 valence electrons. The first-order valence-corrected chi connectivity index (χ1v) is 6.97. The Labute approximate surface area is 107 Å². The van der Waals surface area contributed by atoms with Crippen LogP contribution in [0.1, 0.15) is 38.4 Å². The lowest BCUT2D eigenvalue weighted by atomic mass is 9.98. The summed E-state index contributed by atoms with van der Waals surface area (Å²) in [4.78, 5) is 18.4. The van der Waals surface area contributed by atoms with Gasteiger partial charge in [0.1, 0.15) is 0 Å². The van der Waals surface area contributed by atoms with E-state index in [-0.39, 0.29) is 11.3 Å². The van der Waals surface area contributed by atoms with E-state index in [1.54, 1.807) is 11.3 Å². The second-order valence-corrected chi connectivity index (χ2v) is 6.83. The van der Waals surface area contributed by atoms with Crippen LogP contribution in [0.25, 0.3) is 0 Å². The van der Waals surface area contributed by atoms with E-state index in [0.717, 1.165) is 23.8 Å². The normalized spacial score (nSPS) is 17.1. The van der Waals surface area contributed by atoms with Gasteiger partial charge in [0.25, 0.3) is 0 Å². The lowest BCUT2D eigenvalue weighted by Crippen LogP contribution is -2.49. The van der Waals surface area contributed by atoms with Crippen LogP contribution in [-0.4, -0.2) is 28.9 Å². The van der Waals surface area contributed by atoms with Crippen LogP contribution in [0.4, 0.5) is 0 Å². The highest BCUT2D eigenvalue weighted by Crippen LogP contribution is 2.26. The van der Waals surface area contributed by atoms with Crippen LogP contribution >= 0.6 is 11.3 Å². The quantitative estimate of drug-likeness (QED) is 0.810. The molecule has 0 aromatic carbocycles. The zero-order chi connectivity index (χ0) is 12.6. The van der Waals surface area contributed by atoms with Crippen molar-refractivity contribution in [1.82, 2.24) is 9.88 Å². The maximum atomic E-state index is 11.9. The van der Waals surface area contributed by atoms with Gasteiger partial charge in [-0.25, -0.2) is 4.98 Å². The van der Waals surface area contributed by atoms with Gasteiger partial charge in [-0.3, -0.25) is 4.79 Å². The van der Waals surface area contributed by atoms with Crippen LogP contribution in [0, 0.1) is 5.92 Å². The molecule has 0 atom stereocenters. The van der Waals surface area contributed by atoms with Crippen LogP contribution in [0.5, 0.6) is 0 Å². The Morgan fingerprint density at radius 1 is 1.53 bits per heavy atom. The molecule has 0 unspecified atom stereocenters. The predicted octanol–water partition coefficient (Wildman–Crippen LogP) is 2.46. The molecule has 1 fully saturated rings. The average Bonchev–Trinajstić information content (AvgIpc) is 2.60. The molecule has 0 bridgehead atoms. The molecule has 0 aliphatic carbocycles. The number of aromatic nitrogens is 1. The van der Waals surface area contributed by atoms with E-state index in [1.807, 2.05) is 10.3 Å². The summed E-state index contributed by atoms with van der Waals surface area (Å²) >= 11 is 1.65. The molecule has 1 amide bonds. The summed E-state index contributed by atoms with van der Waals surface area (Å²) in [6.45, 7) is 10.4. The van der Waals surface area contributed by atoms with Crippen LogP contribution < -0.4 is 0 Å². The van der Waals surface area contributed by atoms with Crippen LogP contribution in [0.2, 0.25) is 0 Å². The Morgan fingerprint density at radius 3 is 2.65 bits per heavy atom. The third-order valence-corrected chi connectivity index (χ3v) is 4.26. The van der Waals surface area contributed by atoms with Crippen LogP contribution in [-0.2, 0) is 16.6 Å². The number of thiazole rings is 1. The molecule has 1 aromatic rings. The topological polar surface area (TPSA) is 33.2 Å². The van der Waals surface area contributed by atoms with Gasteiger partial charge in [0.15, 0.2) is 0 Å². The highest BCUT2D eigenvalue weighted by atomic mass is 32.1. The summed E-state index contributed by atoms with van der Waals surface area (Å²) in [6.07, 6.45) is 0.458. The third kappa shape index (κ3) is 2.86. The lowest BCUT2D eigenvalue weighted by molar-refractivity contribution is -0.136.